The maximum atomic E-state index is 8.32. The fourth-order valence-electron chi connectivity index (χ4n) is 0.568. The molecule has 0 heterocycles. The molecule has 0 amide bonds. The molecule has 0 aromatic heterocycles. The average Bonchev–Trinajstić information content (AvgIpc) is 2.08. The molecular formula is C10H19N. The molecule has 64 valence electrons. The molecule has 0 fully saturated rings. The first-order chi connectivity index (χ1) is 5.31. The third-order valence-corrected chi connectivity index (χ3v) is 1.18. The van der Waals surface area contributed by atoms with Gasteiger partial charge in [0.2, 0.25) is 0 Å². The maximum absolute atomic E-state index is 8.32. The van der Waals surface area contributed by atoms with Crippen LogP contribution >= 0.6 is 0 Å². The van der Waals surface area contributed by atoms with Crippen molar-refractivity contribution in [1.82, 2.24) is 0 Å². The summed E-state index contributed by atoms with van der Waals surface area (Å²) in [6, 6.07) is 2.08. The van der Waals surface area contributed by atoms with Gasteiger partial charge in [0.1, 0.15) is 0 Å². The molecular weight excluding hydrogens is 134 g/mol. The third-order valence-electron chi connectivity index (χ3n) is 1.18. The van der Waals surface area contributed by atoms with E-state index in [0.29, 0.717) is 0 Å². The zero-order valence-electron chi connectivity index (χ0n) is 8.15. The van der Waals surface area contributed by atoms with Gasteiger partial charge in [-0.15, -0.1) is 0 Å². The number of nitrogens with zero attached hydrogens (tertiary/aromatic N) is 1. The van der Waals surface area contributed by atoms with E-state index in [0.717, 1.165) is 12.0 Å². The predicted octanol–water partition coefficient (Wildman–Crippen LogP) is 3.67. The minimum atomic E-state index is 0.837. The molecule has 0 unspecified atom stereocenters. The first-order valence-corrected chi connectivity index (χ1v) is 4.38. The predicted molar refractivity (Wildman–Crippen MR) is 50.2 cm³/mol. The number of hydrogen-bond acceptors (Lipinski definition) is 1. The summed E-state index contributed by atoms with van der Waals surface area (Å²) in [5.74, 6) is 0. The van der Waals surface area contributed by atoms with Crippen LogP contribution in [0.1, 0.15) is 47.0 Å². The molecule has 0 radical (unpaired) electrons. The Morgan fingerprint density at radius 2 is 2.00 bits per heavy atom. The zero-order chi connectivity index (χ0) is 9.11. The Kier molecular flexibility index (Phi) is 14.0. The van der Waals surface area contributed by atoms with Gasteiger partial charge in [-0.05, 0) is 13.3 Å². The molecule has 1 heteroatoms. The third kappa shape index (κ3) is 12.4. The highest BCUT2D eigenvalue weighted by Crippen LogP contribution is 1.98. The second-order valence-electron chi connectivity index (χ2n) is 2.14. The van der Waals surface area contributed by atoms with Crippen molar-refractivity contribution in [3.8, 4) is 6.07 Å². The van der Waals surface area contributed by atoms with E-state index in [1.54, 1.807) is 0 Å². The van der Waals surface area contributed by atoms with Crippen LogP contribution in [0.5, 0.6) is 0 Å². The van der Waals surface area contributed by atoms with E-state index < -0.39 is 0 Å². The standard InChI is InChI=1S/C8H13N.C2H6/c1-3-4-5-6-8(2)7-9;1-2/h6H,3-5H2,1-2H3;1-2H3/b8-6+;. The van der Waals surface area contributed by atoms with Gasteiger partial charge in [0, 0.05) is 5.57 Å². The van der Waals surface area contributed by atoms with Gasteiger partial charge in [-0.3, -0.25) is 0 Å². The molecule has 1 nitrogen and oxygen atoms in total. The van der Waals surface area contributed by atoms with Gasteiger partial charge in [-0.1, -0.05) is 39.7 Å². The van der Waals surface area contributed by atoms with E-state index >= 15 is 0 Å². The molecule has 0 aliphatic heterocycles. The Bertz CT molecular complexity index is 128. The summed E-state index contributed by atoms with van der Waals surface area (Å²) in [5, 5.41) is 8.32. The van der Waals surface area contributed by atoms with Crippen LogP contribution < -0.4 is 0 Å². The lowest BCUT2D eigenvalue weighted by atomic mass is 10.2. The number of unbranched alkanes of at least 4 members (excludes halogenated alkanes) is 2. The summed E-state index contributed by atoms with van der Waals surface area (Å²) in [6.45, 7) is 7.99. The van der Waals surface area contributed by atoms with Crippen molar-refractivity contribution in [3.05, 3.63) is 11.6 Å². The highest BCUT2D eigenvalue weighted by atomic mass is 14.2. The molecule has 0 rings (SSSR count). The van der Waals surface area contributed by atoms with Crippen molar-refractivity contribution in [2.24, 2.45) is 0 Å². The minimum absolute atomic E-state index is 0.837. The Morgan fingerprint density at radius 3 is 2.36 bits per heavy atom. The van der Waals surface area contributed by atoms with Crippen LogP contribution in [0.2, 0.25) is 0 Å². The van der Waals surface area contributed by atoms with Crippen LogP contribution in [0.25, 0.3) is 0 Å². The SMILES string of the molecule is CC.CCCC/C=C(\C)C#N. The largest absolute Gasteiger partial charge is 0.193 e. The van der Waals surface area contributed by atoms with Crippen LogP contribution in [-0.2, 0) is 0 Å². The van der Waals surface area contributed by atoms with E-state index in [1.807, 2.05) is 26.8 Å². The van der Waals surface area contributed by atoms with Crippen molar-refractivity contribution in [2.45, 2.75) is 47.0 Å². The maximum Gasteiger partial charge on any atom is 0.0940 e. The molecule has 0 spiro atoms. The van der Waals surface area contributed by atoms with Gasteiger partial charge >= 0.3 is 0 Å². The van der Waals surface area contributed by atoms with Crippen molar-refractivity contribution in [3.63, 3.8) is 0 Å². The zero-order valence-corrected chi connectivity index (χ0v) is 8.15. The Labute approximate surface area is 70.7 Å². The first kappa shape index (κ1) is 12.9. The van der Waals surface area contributed by atoms with Gasteiger partial charge in [0.05, 0.1) is 6.07 Å². The summed E-state index contributed by atoms with van der Waals surface area (Å²) in [4.78, 5) is 0. The second kappa shape index (κ2) is 12.0. The molecule has 0 aromatic rings. The molecule has 11 heavy (non-hydrogen) atoms. The first-order valence-electron chi connectivity index (χ1n) is 4.38. The summed E-state index contributed by atoms with van der Waals surface area (Å²) in [5.41, 5.74) is 0.837. The van der Waals surface area contributed by atoms with Crippen molar-refractivity contribution in [1.29, 1.82) is 5.26 Å². The highest BCUT2D eigenvalue weighted by Gasteiger charge is 1.82. The summed E-state index contributed by atoms with van der Waals surface area (Å²) >= 11 is 0. The van der Waals surface area contributed by atoms with E-state index in [1.165, 1.54) is 12.8 Å². The summed E-state index contributed by atoms with van der Waals surface area (Å²) < 4.78 is 0. The molecule has 0 N–H and O–H groups in total. The van der Waals surface area contributed by atoms with Gasteiger partial charge < -0.3 is 0 Å². The van der Waals surface area contributed by atoms with Crippen molar-refractivity contribution >= 4 is 0 Å². The monoisotopic (exact) mass is 153 g/mol. The smallest absolute Gasteiger partial charge is 0.0940 e. The minimum Gasteiger partial charge on any atom is -0.193 e. The Balaban J connectivity index is 0. The fourth-order valence-corrected chi connectivity index (χ4v) is 0.568. The molecule has 0 atom stereocenters. The van der Waals surface area contributed by atoms with Gasteiger partial charge in [0.15, 0.2) is 0 Å². The molecule has 0 aliphatic carbocycles. The lowest BCUT2D eigenvalue weighted by Gasteiger charge is -1.87. The molecule has 0 aromatic carbocycles. The van der Waals surface area contributed by atoms with Crippen LogP contribution in [-0.4, -0.2) is 0 Å². The van der Waals surface area contributed by atoms with Gasteiger partial charge in [0.25, 0.3) is 0 Å². The van der Waals surface area contributed by atoms with Crippen LogP contribution in [0.15, 0.2) is 11.6 Å². The van der Waals surface area contributed by atoms with Crippen molar-refractivity contribution in [2.75, 3.05) is 0 Å². The number of allylic oxidation sites excluding steroid dienone is 2. The van der Waals surface area contributed by atoms with Gasteiger partial charge in [-0.2, -0.15) is 5.26 Å². The second-order valence-corrected chi connectivity index (χ2v) is 2.14. The summed E-state index contributed by atoms with van der Waals surface area (Å²) in [6.07, 6.45) is 5.44. The fraction of sp³-hybridized carbons (Fsp3) is 0.700. The van der Waals surface area contributed by atoms with Crippen LogP contribution in [0.3, 0.4) is 0 Å². The topological polar surface area (TPSA) is 23.8 Å². The van der Waals surface area contributed by atoms with E-state index in [9.17, 15) is 0 Å². The normalized spacial score (nSPS) is 9.55. The number of rotatable bonds is 3. The number of hydrogen-bond donors (Lipinski definition) is 0. The molecule has 0 saturated heterocycles. The van der Waals surface area contributed by atoms with E-state index in [2.05, 4.69) is 13.0 Å². The quantitative estimate of drug-likeness (QED) is 0.448. The number of nitriles is 1. The van der Waals surface area contributed by atoms with Crippen molar-refractivity contribution < 1.29 is 0 Å². The molecule has 0 aliphatic rings. The van der Waals surface area contributed by atoms with Gasteiger partial charge in [-0.25, -0.2) is 0 Å². The highest BCUT2D eigenvalue weighted by molar-refractivity contribution is 5.16. The molecule has 0 saturated carbocycles. The average molecular weight is 153 g/mol. The summed E-state index contributed by atoms with van der Waals surface area (Å²) in [7, 11) is 0. The Hall–Kier alpha value is -0.770. The molecule has 0 bridgehead atoms. The van der Waals surface area contributed by atoms with E-state index in [-0.39, 0.29) is 0 Å². The van der Waals surface area contributed by atoms with Crippen LogP contribution in [0.4, 0.5) is 0 Å². The Morgan fingerprint density at radius 1 is 1.45 bits per heavy atom. The van der Waals surface area contributed by atoms with E-state index in [4.69, 9.17) is 5.26 Å². The lowest BCUT2D eigenvalue weighted by Crippen LogP contribution is -1.70. The lowest BCUT2D eigenvalue weighted by molar-refractivity contribution is 0.812. The van der Waals surface area contributed by atoms with Crippen LogP contribution in [0, 0.1) is 11.3 Å².